The molecular formula is C21H31NO2. The predicted octanol–water partition coefficient (Wildman–Crippen LogP) is 4.58. The Bertz CT molecular complexity index is 583. The predicted molar refractivity (Wildman–Crippen MR) is 99.7 cm³/mol. The lowest BCUT2D eigenvalue weighted by molar-refractivity contribution is -0.152. The molecule has 1 N–H and O–H groups in total. The highest BCUT2D eigenvalue weighted by atomic mass is 16.5. The Labute approximate surface area is 146 Å². The number of piperidine rings is 1. The van der Waals surface area contributed by atoms with Crippen LogP contribution in [0.2, 0.25) is 0 Å². The zero-order valence-corrected chi connectivity index (χ0v) is 15.6. The Morgan fingerprint density at radius 1 is 1.25 bits per heavy atom. The third kappa shape index (κ3) is 4.27. The van der Waals surface area contributed by atoms with Crippen molar-refractivity contribution in [3.63, 3.8) is 0 Å². The monoisotopic (exact) mass is 329 g/mol. The van der Waals surface area contributed by atoms with E-state index in [2.05, 4.69) is 39.9 Å². The minimum Gasteiger partial charge on any atom is -0.459 e. The summed E-state index contributed by atoms with van der Waals surface area (Å²) in [5, 5.41) is 3.81. The Morgan fingerprint density at radius 2 is 1.92 bits per heavy atom. The van der Waals surface area contributed by atoms with E-state index in [-0.39, 0.29) is 29.1 Å². The Balaban J connectivity index is 2.09. The fourth-order valence-electron chi connectivity index (χ4n) is 3.59. The number of hydrogen-bond acceptors (Lipinski definition) is 3. The van der Waals surface area contributed by atoms with E-state index in [0.29, 0.717) is 0 Å². The molecule has 1 heterocycles. The molecule has 0 amide bonds. The number of benzene rings is 1. The minimum atomic E-state index is -0.255. The molecule has 1 aromatic carbocycles. The summed E-state index contributed by atoms with van der Waals surface area (Å²) in [6.45, 7) is 11.0. The van der Waals surface area contributed by atoms with Crippen molar-refractivity contribution in [2.75, 3.05) is 0 Å². The van der Waals surface area contributed by atoms with Crippen LogP contribution < -0.4 is 5.32 Å². The fraction of sp³-hybridized carbons (Fsp3) is 0.571. The first-order chi connectivity index (χ1) is 11.3. The van der Waals surface area contributed by atoms with Gasteiger partial charge < -0.3 is 10.1 Å². The van der Waals surface area contributed by atoms with Crippen LogP contribution in [0.3, 0.4) is 0 Å². The lowest BCUT2D eigenvalue weighted by atomic mass is 9.70. The average Bonchev–Trinajstić information content (AvgIpc) is 2.58. The van der Waals surface area contributed by atoms with Crippen LogP contribution in [0.4, 0.5) is 0 Å². The van der Waals surface area contributed by atoms with Crippen molar-refractivity contribution in [1.29, 1.82) is 0 Å². The van der Waals surface area contributed by atoms with Crippen molar-refractivity contribution in [2.24, 2.45) is 5.92 Å². The summed E-state index contributed by atoms with van der Waals surface area (Å²) in [6, 6.07) is 9.82. The maximum atomic E-state index is 12.3. The van der Waals surface area contributed by atoms with Crippen molar-refractivity contribution in [2.45, 2.75) is 71.1 Å². The Morgan fingerprint density at radius 3 is 2.50 bits per heavy atom. The second kappa shape index (κ2) is 7.52. The van der Waals surface area contributed by atoms with Crippen molar-refractivity contribution >= 4 is 12.0 Å². The second-order valence-corrected chi connectivity index (χ2v) is 7.52. The number of rotatable bonds is 5. The van der Waals surface area contributed by atoms with Crippen molar-refractivity contribution < 1.29 is 9.53 Å². The standard InChI is InChI=1S/C21H31NO2/c1-6-20(4)15-18(16(3)21(5,7-2)22-20)24-19(23)14-13-17-11-9-8-10-12-17/h8-14,16,18,22H,6-7,15H2,1-5H3. The van der Waals surface area contributed by atoms with Gasteiger partial charge in [0.2, 0.25) is 0 Å². The van der Waals surface area contributed by atoms with Gasteiger partial charge in [-0.05, 0) is 38.3 Å². The normalized spacial score (nSPS) is 33.5. The van der Waals surface area contributed by atoms with Crippen LogP contribution in [0.15, 0.2) is 36.4 Å². The summed E-state index contributed by atoms with van der Waals surface area (Å²) in [5.74, 6) is 0.0192. The van der Waals surface area contributed by atoms with E-state index in [1.54, 1.807) is 0 Å². The van der Waals surface area contributed by atoms with E-state index in [9.17, 15) is 4.79 Å². The highest BCUT2D eigenvalue weighted by Gasteiger charge is 2.47. The minimum absolute atomic E-state index is 0.00532. The van der Waals surface area contributed by atoms with Crippen molar-refractivity contribution in [3.8, 4) is 0 Å². The van der Waals surface area contributed by atoms with Crippen LogP contribution in [0, 0.1) is 5.92 Å². The highest BCUT2D eigenvalue weighted by molar-refractivity contribution is 5.87. The molecule has 1 aliphatic rings. The zero-order chi connectivity index (χ0) is 17.8. The first-order valence-electron chi connectivity index (χ1n) is 9.05. The molecule has 0 aliphatic carbocycles. The third-order valence-electron chi connectivity index (χ3n) is 5.80. The molecular weight excluding hydrogens is 298 g/mol. The van der Waals surface area contributed by atoms with Crippen molar-refractivity contribution in [1.82, 2.24) is 5.32 Å². The molecule has 1 aromatic rings. The topological polar surface area (TPSA) is 38.3 Å². The molecule has 1 fully saturated rings. The molecule has 24 heavy (non-hydrogen) atoms. The summed E-state index contributed by atoms with van der Waals surface area (Å²) < 4.78 is 5.85. The molecule has 0 spiro atoms. The van der Waals surface area contributed by atoms with E-state index in [0.717, 1.165) is 24.8 Å². The molecule has 4 unspecified atom stereocenters. The quantitative estimate of drug-likeness (QED) is 0.635. The first kappa shape index (κ1) is 18.7. The number of esters is 1. The second-order valence-electron chi connectivity index (χ2n) is 7.52. The maximum Gasteiger partial charge on any atom is 0.331 e. The van der Waals surface area contributed by atoms with Gasteiger partial charge in [-0.2, -0.15) is 0 Å². The van der Waals surface area contributed by atoms with E-state index in [1.807, 2.05) is 36.4 Å². The summed E-state index contributed by atoms with van der Waals surface area (Å²) in [5.41, 5.74) is 0.993. The van der Waals surface area contributed by atoms with Gasteiger partial charge >= 0.3 is 5.97 Å². The van der Waals surface area contributed by atoms with Gasteiger partial charge in [0.1, 0.15) is 6.10 Å². The molecule has 0 saturated carbocycles. The Kier molecular flexibility index (Phi) is 5.87. The average molecular weight is 329 g/mol. The summed E-state index contributed by atoms with van der Waals surface area (Å²) in [7, 11) is 0. The van der Waals surface area contributed by atoms with E-state index < -0.39 is 0 Å². The number of carbonyl (C=O) groups excluding carboxylic acids is 1. The number of hydrogen-bond donors (Lipinski definition) is 1. The van der Waals surface area contributed by atoms with Crippen LogP contribution in [-0.2, 0) is 9.53 Å². The van der Waals surface area contributed by atoms with Crippen LogP contribution in [0.25, 0.3) is 6.08 Å². The van der Waals surface area contributed by atoms with Gasteiger partial charge in [-0.3, -0.25) is 0 Å². The van der Waals surface area contributed by atoms with Crippen LogP contribution in [-0.4, -0.2) is 23.2 Å². The zero-order valence-electron chi connectivity index (χ0n) is 15.6. The van der Waals surface area contributed by atoms with E-state index >= 15 is 0 Å². The molecule has 0 bridgehead atoms. The van der Waals surface area contributed by atoms with E-state index in [1.165, 1.54) is 6.08 Å². The molecule has 3 heteroatoms. The lowest BCUT2D eigenvalue weighted by Crippen LogP contribution is -2.66. The summed E-state index contributed by atoms with van der Waals surface area (Å²) in [6.07, 6.45) is 6.17. The van der Waals surface area contributed by atoms with Crippen LogP contribution in [0.1, 0.15) is 59.4 Å². The smallest absolute Gasteiger partial charge is 0.331 e. The van der Waals surface area contributed by atoms with Gasteiger partial charge in [0.25, 0.3) is 0 Å². The molecule has 1 saturated heterocycles. The molecule has 132 valence electrons. The summed E-state index contributed by atoms with van der Waals surface area (Å²) >= 11 is 0. The maximum absolute atomic E-state index is 12.3. The molecule has 3 nitrogen and oxygen atoms in total. The molecule has 2 rings (SSSR count). The number of carbonyl (C=O) groups is 1. The molecule has 0 radical (unpaired) electrons. The van der Waals surface area contributed by atoms with Gasteiger partial charge in [-0.25, -0.2) is 4.79 Å². The van der Waals surface area contributed by atoms with Gasteiger partial charge in [-0.15, -0.1) is 0 Å². The Hall–Kier alpha value is -1.61. The van der Waals surface area contributed by atoms with Gasteiger partial charge in [0.05, 0.1) is 0 Å². The molecule has 4 atom stereocenters. The lowest BCUT2D eigenvalue weighted by Gasteiger charge is -2.52. The van der Waals surface area contributed by atoms with Crippen molar-refractivity contribution in [3.05, 3.63) is 42.0 Å². The highest BCUT2D eigenvalue weighted by Crippen LogP contribution is 2.38. The first-order valence-corrected chi connectivity index (χ1v) is 9.05. The summed E-state index contributed by atoms with van der Waals surface area (Å²) in [4.78, 5) is 12.3. The number of nitrogens with one attached hydrogen (secondary N) is 1. The van der Waals surface area contributed by atoms with Gasteiger partial charge in [-0.1, -0.05) is 51.1 Å². The fourth-order valence-corrected chi connectivity index (χ4v) is 3.59. The molecule has 1 aliphatic heterocycles. The largest absolute Gasteiger partial charge is 0.459 e. The van der Waals surface area contributed by atoms with Crippen LogP contribution >= 0.6 is 0 Å². The number of ether oxygens (including phenoxy) is 1. The van der Waals surface area contributed by atoms with Gasteiger partial charge in [0.15, 0.2) is 0 Å². The third-order valence-corrected chi connectivity index (χ3v) is 5.80. The van der Waals surface area contributed by atoms with Crippen LogP contribution in [0.5, 0.6) is 0 Å². The molecule has 0 aromatic heterocycles. The SMILES string of the molecule is CCC1(C)CC(OC(=O)C=Cc2ccccc2)C(C)C(C)(CC)N1. The van der Waals surface area contributed by atoms with Gasteiger partial charge in [0, 0.05) is 29.5 Å². The van der Waals surface area contributed by atoms with E-state index in [4.69, 9.17) is 4.74 Å².